The van der Waals surface area contributed by atoms with E-state index in [1.165, 1.54) is 10.8 Å². The van der Waals surface area contributed by atoms with Gasteiger partial charge in [0.25, 0.3) is 0 Å². The highest BCUT2D eigenvalue weighted by molar-refractivity contribution is 6.84. The lowest BCUT2D eigenvalue weighted by Crippen LogP contribution is -2.62. The predicted octanol–water partition coefficient (Wildman–Crippen LogP) is 12.7. The van der Waals surface area contributed by atoms with Crippen LogP contribution in [0.25, 0.3) is 27.6 Å². The van der Waals surface area contributed by atoms with Crippen molar-refractivity contribution in [1.82, 2.24) is 9.55 Å². The van der Waals surface area contributed by atoms with Crippen LogP contribution in [0.15, 0.2) is 128 Å². The van der Waals surface area contributed by atoms with E-state index in [1.807, 2.05) is 18.3 Å². The zero-order chi connectivity index (χ0) is 52.5. The first-order valence-corrected chi connectivity index (χ1v) is 26.4. The van der Waals surface area contributed by atoms with E-state index >= 15 is 0 Å². The molecule has 0 amide bonds. The maximum atomic E-state index is 7.04. The van der Waals surface area contributed by atoms with Gasteiger partial charge in [0.15, 0.2) is 0 Å². The third-order valence-corrected chi connectivity index (χ3v) is 14.1. The molecule has 5 aromatic carbocycles. The molecule has 11 nitrogen and oxygen atoms in total. The Balaban J connectivity index is 1.02. The molecule has 378 valence electrons. The lowest BCUT2D eigenvalue weighted by molar-refractivity contribution is 0.107. The summed E-state index contributed by atoms with van der Waals surface area (Å²) in [6, 6.07) is 43.0. The van der Waals surface area contributed by atoms with E-state index in [4.69, 9.17) is 37.2 Å². The van der Waals surface area contributed by atoms with Crippen LogP contribution in [0.2, 0.25) is 21.8 Å². The Morgan fingerprint density at radius 2 is 1.11 bits per heavy atom. The molecule has 0 radical (unpaired) electrons. The minimum absolute atomic E-state index is 0.0651. The van der Waals surface area contributed by atoms with E-state index in [1.54, 1.807) is 0 Å². The number of benzene rings is 5. The molecule has 0 atom stereocenters. The maximum Gasteiger partial charge on any atom is 0.468 e. The van der Waals surface area contributed by atoms with Crippen LogP contribution in [0.1, 0.15) is 114 Å². The molecule has 5 heterocycles. The van der Waals surface area contributed by atoms with Crippen LogP contribution < -0.4 is 20.7 Å². The summed E-state index contributed by atoms with van der Waals surface area (Å²) in [6.07, 6.45) is 1.84. The zero-order valence-corrected chi connectivity index (χ0v) is 45.9. The van der Waals surface area contributed by atoms with Gasteiger partial charge in [-0.05, 0) is 92.4 Å². The highest BCUT2D eigenvalue weighted by atomic mass is 16.7. The second-order valence-corrected chi connectivity index (χ2v) is 25.0. The number of hydrogen-bond donors (Lipinski definition) is 0. The summed E-state index contributed by atoms with van der Waals surface area (Å²) >= 11 is 0. The van der Waals surface area contributed by atoms with E-state index in [9.17, 15) is 0 Å². The minimum atomic E-state index is -0.798. The molecule has 74 heavy (non-hydrogen) atoms. The van der Waals surface area contributed by atoms with Crippen LogP contribution >= 0.6 is 0 Å². The van der Waals surface area contributed by atoms with Crippen molar-refractivity contribution in [3.05, 3.63) is 144 Å². The number of aromatic nitrogens is 2. The van der Waals surface area contributed by atoms with Gasteiger partial charge in [0, 0.05) is 39.3 Å². The fraction of sp³-hybridized carbons (Fsp3) is 0.386. The molecule has 0 bridgehead atoms. The van der Waals surface area contributed by atoms with Crippen LogP contribution in [0.3, 0.4) is 0 Å². The molecule has 0 unspecified atom stereocenters. The lowest BCUT2D eigenvalue weighted by Gasteiger charge is -2.42. The average Bonchev–Trinajstić information content (AvgIpc) is 3.91. The van der Waals surface area contributed by atoms with Gasteiger partial charge in [-0.15, -0.1) is 0 Å². The summed E-state index contributed by atoms with van der Waals surface area (Å²) < 4.78 is 50.1. The molecule has 2 saturated heterocycles. The highest BCUT2D eigenvalue weighted by Gasteiger charge is 2.54. The van der Waals surface area contributed by atoms with Crippen LogP contribution in [-0.4, -0.2) is 58.9 Å². The van der Waals surface area contributed by atoms with Crippen molar-refractivity contribution in [2.24, 2.45) is 0 Å². The second-order valence-electron chi connectivity index (χ2n) is 25.0. The number of anilines is 4. The summed E-state index contributed by atoms with van der Waals surface area (Å²) in [4.78, 5) is 9.48. The third-order valence-electron chi connectivity index (χ3n) is 14.1. The molecule has 10 rings (SSSR count). The first kappa shape index (κ1) is 52.2. The Morgan fingerprint density at radius 3 is 1.72 bits per heavy atom. The van der Waals surface area contributed by atoms with Crippen molar-refractivity contribution in [3.63, 3.8) is 0 Å². The standard InChI is InChI=1S/C57H70B6N4O7/c1-39(2)58-69-59(71-61(70-58)55(6,7)8)46-34-42(54(3,4)5)35-47(60-72-62(56(9,10)11)74-63(73-60)57(12,13)14)53(46)66-38-65(49-26-17-18-27-50(49)66)43-23-21-22-40(32-43)36-68-37-41-29-30-45-44-24-15-16-25-48(44)67(51(45)33-41)52-28-19-20-31-64-52/h15-35,39H,36-38H2,1-14H3. The summed E-state index contributed by atoms with van der Waals surface area (Å²) in [7, 11) is -3.74. The number of nitrogens with zero attached hydrogens (tertiary/aromatic N) is 4. The van der Waals surface area contributed by atoms with Crippen molar-refractivity contribution in [2.75, 3.05) is 16.5 Å². The summed E-state index contributed by atoms with van der Waals surface area (Å²) in [5, 5.41) is 1.34. The Kier molecular flexibility index (Phi) is 14.1. The van der Waals surface area contributed by atoms with Gasteiger partial charge in [-0.2, -0.15) is 0 Å². The molecule has 2 aromatic heterocycles. The highest BCUT2D eigenvalue weighted by Crippen LogP contribution is 2.46. The summed E-state index contributed by atoms with van der Waals surface area (Å²) in [5.41, 5.74) is 11.0. The van der Waals surface area contributed by atoms with E-state index < -0.39 is 42.7 Å². The Morgan fingerprint density at radius 1 is 0.541 bits per heavy atom. The van der Waals surface area contributed by atoms with E-state index in [-0.39, 0.29) is 27.2 Å². The van der Waals surface area contributed by atoms with Gasteiger partial charge < -0.3 is 42.0 Å². The average molecular weight is 988 g/mol. The number of fused-ring (bicyclic) bond motifs is 4. The van der Waals surface area contributed by atoms with Gasteiger partial charge in [0.2, 0.25) is 0 Å². The third kappa shape index (κ3) is 10.5. The fourth-order valence-corrected chi connectivity index (χ4v) is 10.1. The second kappa shape index (κ2) is 20.0. The van der Waals surface area contributed by atoms with Crippen molar-refractivity contribution in [1.29, 1.82) is 0 Å². The van der Waals surface area contributed by atoms with Gasteiger partial charge in [0.05, 0.1) is 35.6 Å². The SMILES string of the molecule is CC(C)B1OB(c2cc(C(C)(C)C)cc(B3OB(C(C)(C)C)OB(C(C)(C)C)O3)c2N2CN(c3cccc(COCc4ccc5c6ccccc6n(-c6ccccn6)c5c4)c3)c3ccccc32)OB(C(C)(C)C)O1. The molecule has 2 fully saturated rings. The minimum Gasteiger partial charge on any atom is -0.452 e. The predicted molar refractivity (Wildman–Crippen MR) is 309 cm³/mol. The molecule has 7 aromatic rings. The first-order chi connectivity index (χ1) is 35.0. The smallest absolute Gasteiger partial charge is 0.452 e. The Hall–Kier alpha value is -5.24. The number of para-hydroxylation sites is 3. The molecular weight excluding hydrogens is 918 g/mol. The van der Waals surface area contributed by atoms with Crippen LogP contribution in [-0.2, 0) is 50.8 Å². The number of hydrogen-bond acceptors (Lipinski definition) is 10. The molecule has 0 N–H and O–H groups in total. The molecular formula is C57H70B6N4O7. The van der Waals surface area contributed by atoms with Crippen LogP contribution in [0.5, 0.6) is 0 Å². The molecule has 0 saturated carbocycles. The normalized spacial score (nSPS) is 16.2. The lowest BCUT2D eigenvalue weighted by atomic mass is 9.49. The largest absolute Gasteiger partial charge is 0.468 e. The number of ether oxygens (including phenoxy) is 1. The van der Waals surface area contributed by atoms with Crippen molar-refractivity contribution in [2.45, 2.75) is 137 Å². The number of rotatable bonds is 10. The van der Waals surface area contributed by atoms with E-state index in [0.717, 1.165) is 67.2 Å². The summed E-state index contributed by atoms with van der Waals surface area (Å²) in [5.74, 6) is 0.952. The molecule has 0 aliphatic carbocycles. The van der Waals surface area contributed by atoms with Gasteiger partial charge in [0.1, 0.15) is 12.5 Å². The van der Waals surface area contributed by atoms with Gasteiger partial charge in [-0.25, -0.2) is 4.98 Å². The first-order valence-electron chi connectivity index (χ1n) is 26.4. The van der Waals surface area contributed by atoms with Crippen molar-refractivity contribution >= 4 is 98.2 Å². The molecule has 0 spiro atoms. The van der Waals surface area contributed by atoms with Crippen molar-refractivity contribution < 1.29 is 32.2 Å². The maximum absolute atomic E-state index is 7.04. The van der Waals surface area contributed by atoms with Gasteiger partial charge in [-0.1, -0.05) is 170 Å². The molecule has 3 aliphatic rings. The van der Waals surface area contributed by atoms with Crippen LogP contribution in [0.4, 0.5) is 22.7 Å². The monoisotopic (exact) mass is 989 g/mol. The zero-order valence-electron chi connectivity index (χ0n) is 45.9. The quantitative estimate of drug-likeness (QED) is 0.123. The van der Waals surface area contributed by atoms with Crippen LogP contribution in [0, 0.1) is 0 Å². The van der Waals surface area contributed by atoms with E-state index in [2.05, 4.69) is 220 Å². The number of pyridine rings is 1. The Bertz CT molecular complexity index is 3130. The molecule has 17 heteroatoms. The van der Waals surface area contributed by atoms with Crippen molar-refractivity contribution in [3.8, 4) is 5.82 Å². The Labute approximate surface area is 441 Å². The fourth-order valence-electron chi connectivity index (χ4n) is 10.1. The van der Waals surface area contributed by atoms with Gasteiger partial charge >= 0.3 is 42.7 Å². The van der Waals surface area contributed by atoms with Gasteiger partial charge in [-0.3, -0.25) is 4.57 Å². The summed E-state index contributed by atoms with van der Waals surface area (Å²) in [6.45, 7) is 31.7. The topological polar surface area (TPSA) is 88.9 Å². The van der Waals surface area contributed by atoms with E-state index in [0.29, 0.717) is 19.9 Å². The molecule has 3 aliphatic heterocycles.